The summed E-state index contributed by atoms with van der Waals surface area (Å²) in [5.41, 5.74) is 0.800. The van der Waals surface area contributed by atoms with Crippen LogP contribution in [-0.2, 0) is 11.2 Å². The van der Waals surface area contributed by atoms with Crippen molar-refractivity contribution in [1.29, 1.82) is 0 Å². The Kier molecular flexibility index (Phi) is 3.14. The van der Waals surface area contributed by atoms with Crippen molar-refractivity contribution in [2.24, 2.45) is 0 Å². The van der Waals surface area contributed by atoms with E-state index in [2.05, 4.69) is 4.98 Å². The summed E-state index contributed by atoms with van der Waals surface area (Å²) in [6.45, 7) is 4.44. The number of aryl methyl sites for hydroxylation is 1. The van der Waals surface area contributed by atoms with Crippen LogP contribution >= 0.6 is 0 Å². The molecule has 1 aromatic heterocycles. The van der Waals surface area contributed by atoms with Crippen LogP contribution in [0.5, 0.6) is 5.75 Å². The summed E-state index contributed by atoms with van der Waals surface area (Å²) in [7, 11) is 0. The van der Waals surface area contributed by atoms with Gasteiger partial charge in [0, 0.05) is 6.92 Å². The molecular formula is C14H16N3O3+. The van der Waals surface area contributed by atoms with Gasteiger partial charge in [-0.25, -0.2) is 4.79 Å². The van der Waals surface area contributed by atoms with E-state index in [-0.39, 0.29) is 0 Å². The lowest BCUT2D eigenvalue weighted by Gasteiger charge is -2.07. The maximum atomic E-state index is 12.2. The minimum Gasteiger partial charge on any atom is -0.488 e. The molecule has 0 saturated carbocycles. The number of aromatic nitrogens is 3. The van der Waals surface area contributed by atoms with Gasteiger partial charge in [-0.1, -0.05) is 16.8 Å². The maximum Gasteiger partial charge on any atom is 0.454 e. The van der Waals surface area contributed by atoms with Crippen molar-refractivity contribution in [2.45, 2.75) is 20.3 Å². The minimum atomic E-state index is -0.430. The molecular weight excluding hydrogens is 258 g/mol. The third kappa shape index (κ3) is 1.93. The molecule has 0 unspecified atom stereocenters. The summed E-state index contributed by atoms with van der Waals surface area (Å²) in [4.78, 5) is 16.6. The van der Waals surface area contributed by atoms with E-state index < -0.39 is 6.09 Å². The fraction of sp³-hybridized carbons (Fsp3) is 0.357. The Morgan fingerprint density at radius 3 is 3.10 bits per heavy atom. The van der Waals surface area contributed by atoms with Crippen LogP contribution < -0.4 is 9.42 Å². The summed E-state index contributed by atoms with van der Waals surface area (Å²) in [5, 5.41) is 0. The van der Waals surface area contributed by atoms with Crippen molar-refractivity contribution < 1.29 is 19.0 Å². The van der Waals surface area contributed by atoms with Crippen molar-refractivity contribution in [3.05, 3.63) is 35.9 Å². The van der Waals surface area contributed by atoms with Gasteiger partial charge in [-0.15, -0.1) is 4.68 Å². The molecule has 0 atom stereocenters. The molecule has 0 radical (unpaired) electrons. The molecule has 1 aliphatic heterocycles. The monoisotopic (exact) mass is 274 g/mol. The topological polar surface area (TPSA) is 57.2 Å². The van der Waals surface area contributed by atoms with Crippen molar-refractivity contribution in [2.75, 3.05) is 13.2 Å². The first kappa shape index (κ1) is 12.7. The number of hydrogen-bond donors (Lipinski definition) is 0. The highest BCUT2D eigenvalue weighted by Gasteiger charge is 2.33. The van der Waals surface area contributed by atoms with Crippen LogP contribution in [0.1, 0.15) is 18.6 Å². The molecule has 0 amide bonds. The first-order valence-electron chi connectivity index (χ1n) is 6.62. The Hall–Kier alpha value is -2.37. The Balaban J connectivity index is 2.22. The molecule has 1 aliphatic rings. The molecule has 6 nitrogen and oxygen atoms in total. The Morgan fingerprint density at radius 2 is 2.30 bits per heavy atom. The van der Waals surface area contributed by atoms with Gasteiger partial charge in [0.25, 0.3) is 5.82 Å². The number of rotatable bonds is 1. The average molecular weight is 274 g/mol. The van der Waals surface area contributed by atoms with E-state index in [0.717, 1.165) is 17.3 Å². The predicted molar refractivity (Wildman–Crippen MR) is 70.1 cm³/mol. The summed E-state index contributed by atoms with van der Waals surface area (Å²) >= 11 is 0. The van der Waals surface area contributed by atoms with E-state index in [0.29, 0.717) is 25.5 Å². The largest absolute Gasteiger partial charge is 0.488 e. The van der Waals surface area contributed by atoms with Gasteiger partial charge >= 0.3 is 11.9 Å². The second-order valence-electron chi connectivity index (χ2n) is 4.46. The minimum absolute atomic E-state index is 0.323. The van der Waals surface area contributed by atoms with Crippen molar-refractivity contribution in [3.8, 4) is 11.4 Å². The Labute approximate surface area is 116 Å². The highest BCUT2D eigenvalue weighted by molar-refractivity contribution is 5.69. The van der Waals surface area contributed by atoms with Crippen LogP contribution in [0.4, 0.5) is 4.79 Å². The second kappa shape index (κ2) is 4.96. The highest BCUT2D eigenvalue weighted by atomic mass is 16.6. The van der Waals surface area contributed by atoms with Gasteiger partial charge in [0.2, 0.25) is 0 Å². The fourth-order valence-corrected chi connectivity index (χ4v) is 2.36. The van der Waals surface area contributed by atoms with E-state index in [1.807, 2.05) is 24.3 Å². The summed E-state index contributed by atoms with van der Waals surface area (Å²) < 4.78 is 14.0. The van der Waals surface area contributed by atoms with Crippen molar-refractivity contribution in [1.82, 2.24) is 9.67 Å². The van der Waals surface area contributed by atoms with Gasteiger partial charge in [0.05, 0.1) is 13.0 Å². The molecule has 2 aromatic rings. The maximum absolute atomic E-state index is 12.2. The quantitative estimate of drug-likeness (QED) is 0.738. The molecule has 2 heterocycles. The number of carbonyl (C=O) groups excluding carboxylic acids is 1. The van der Waals surface area contributed by atoms with Gasteiger partial charge in [-0.05, 0) is 24.0 Å². The molecule has 3 rings (SSSR count). The highest BCUT2D eigenvalue weighted by Crippen LogP contribution is 2.21. The smallest absolute Gasteiger partial charge is 0.454 e. The molecule has 0 saturated heterocycles. The van der Waals surface area contributed by atoms with E-state index in [4.69, 9.17) is 9.47 Å². The van der Waals surface area contributed by atoms with E-state index in [1.165, 1.54) is 4.68 Å². The lowest BCUT2D eigenvalue weighted by atomic mass is 10.3. The number of ether oxygens (including phenoxy) is 2. The lowest BCUT2D eigenvalue weighted by molar-refractivity contribution is -0.681. The third-order valence-corrected chi connectivity index (χ3v) is 3.16. The van der Waals surface area contributed by atoms with Crippen LogP contribution in [0.25, 0.3) is 5.69 Å². The first-order valence-corrected chi connectivity index (χ1v) is 6.62. The molecule has 0 aliphatic carbocycles. The van der Waals surface area contributed by atoms with E-state index >= 15 is 0 Å². The van der Waals surface area contributed by atoms with Crippen LogP contribution in [-0.4, -0.2) is 29.0 Å². The van der Waals surface area contributed by atoms with Crippen LogP contribution in [0.2, 0.25) is 0 Å². The normalized spacial score (nSPS) is 12.9. The Bertz CT molecular complexity index is 664. The number of carbonyl (C=O) groups is 1. The molecule has 104 valence electrons. The molecule has 1 aromatic carbocycles. The van der Waals surface area contributed by atoms with Gasteiger partial charge < -0.3 is 9.47 Å². The van der Waals surface area contributed by atoms with Gasteiger partial charge in [-0.3, -0.25) is 0 Å². The summed E-state index contributed by atoms with van der Waals surface area (Å²) in [6, 6.07) is 7.60. The molecule has 20 heavy (non-hydrogen) atoms. The second-order valence-corrected chi connectivity index (χ2v) is 4.46. The number of fused-ring (bicyclic) bond motifs is 3. The predicted octanol–water partition coefficient (Wildman–Crippen LogP) is 1.41. The molecule has 6 heteroatoms. The number of hydrogen-bond acceptors (Lipinski definition) is 4. The third-order valence-electron chi connectivity index (χ3n) is 3.16. The summed E-state index contributed by atoms with van der Waals surface area (Å²) in [5.74, 6) is 2.14. The van der Waals surface area contributed by atoms with Gasteiger partial charge in [-0.2, -0.15) is 0 Å². The van der Waals surface area contributed by atoms with Crippen LogP contribution in [0.3, 0.4) is 0 Å². The van der Waals surface area contributed by atoms with Crippen molar-refractivity contribution >= 4 is 6.09 Å². The number of para-hydroxylation sites is 2. The van der Waals surface area contributed by atoms with Crippen LogP contribution in [0, 0.1) is 6.92 Å². The fourth-order valence-electron chi connectivity index (χ4n) is 2.36. The number of nitrogens with zero attached hydrogens (tertiary/aromatic N) is 3. The SMILES string of the molecule is CCOC(=O)n1c(C)nc2[n+]1-c1ccccc1OCC2. The zero-order chi connectivity index (χ0) is 14.1. The zero-order valence-corrected chi connectivity index (χ0v) is 11.5. The molecule has 0 bridgehead atoms. The van der Waals surface area contributed by atoms with E-state index in [9.17, 15) is 4.79 Å². The van der Waals surface area contributed by atoms with E-state index in [1.54, 1.807) is 18.5 Å². The molecule has 0 N–H and O–H groups in total. The first-order chi connectivity index (χ1) is 9.72. The zero-order valence-electron chi connectivity index (χ0n) is 11.5. The van der Waals surface area contributed by atoms with Crippen LogP contribution in [0.15, 0.2) is 24.3 Å². The molecule has 0 fully saturated rings. The summed E-state index contributed by atoms with van der Waals surface area (Å²) in [6.07, 6.45) is 0.211. The average Bonchev–Trinajstić information content (AvgIpc) is 2.66. The molecule has 0 spiro atoms. The lowest BCUT2D eigenvalue weighted by Crippen LogP contribution is -2.47. The van der Waals surface area contributed by atoms with Crippen molar-refractivity contribution in [3.63, 3.8) is 0 Å². The number of benzene rings is 1. The Morgan fingerprint density at radius 1 is 1.50 bits per heavy atom. The van der Waals surface area contributed by atoms with Gasteiger partial charge in [0.15, 0.2) is 11.4 Å². The standard InChI is InChI=1S/C14H16N3O3/c1-3-19-14(18)16-10(2)15-13-8-9-20-12-7-5-4-6-11(12)17(13)16/h4-7H,3,8-9H2,1-2H3/q+1. The van der Waals surface area contributed by atoms with Gasteiger partial charge in [0.1, 0.15) is 6.61 Å².